The lowest BCUT2D eigenvalue weighted by atomic mass is 9.94. The van der Waals surface area contributed by atoms with E-state index in [2.05, 4.69) is 24.2 Å². The SMILES string of the molecule is CCCn1ncc(OC)c1C(=O)C1CCc2ccccc21. The number of hydrogen-bond donors (Lipinski definition) is 0. The molecule has 1 aromatic heterocycles. The van der Waals surface area contributed by atoms with Crippen LogP contribution in [0.4, 0.5) is 0 Å². The van der Waals surface area contributed by atoms with E-state index in [0.29, 0.717) is 11.4 Å². The number of aryl methyl sites for hydroxylation is 2. The summed E-state index contributed by atoms with van der Waals surface area (Å²) >= 11 is 0. The Hall–Kier alpha value is -2.10. The maximum Gasteiger partial charge on any atom is 0.192 e. The molecule has 4 nitrogen and oxygen atoms in total. The second-order valence-electron chi connectivity index (χ2n) is 5.44. The van der Waals surface area contributed by atoms with Crippen molar-refractivity contribution in [1.29, 1.82) is 0 Å². The predicted octanol–water partition coefficient (Wildman–Crippen LogP) is 3.21. The summed E-state index contributed by atoms with van der Waals surface area (Å²) in [4.78, 5) is 13.0. The fourth-order valence-corrected chi connectivity index (χ4v) is 3.14. The number of nitrogens with zero attached hydrogens (tertiary/aromatic N) is 2. The van der Waals surface area contributed by atoms with E-state index in [1.807, 2.05) is 12.1 Å². The van der Waals surface area contributed by atoms with Gasteiger partial charge in [-0.1, -0.05) is 31.2 Å². The number of ketones is 1. The third-order valence-electron chi connectivity index (χ3n) is 4.14. The van der Waals surface area contributed by atoms with Gasteiger partial charge in [0.2, 0.25) is 0 Å². The van der Waals surface area contributed by atoms with Gasteiger partial charge in [-0.3, -0.25) is 9.48 Å². The van der Waals surface area contributed by atoms with E-state index in [1.165, 1.54) is 5.56 Å². The van der Waals surface area contributed by atoms with Crippen LogP contribution in [0.1, 0.15) is 47.3 Å². The zero-order valence-corrected chi connectivity index (χ0v) is 12.5. The van der Waals surface area contributed by atoms with Crippen LogP contribution in [0.15, 0.2) is 30.5 Å². The van der Waals surface area contributed by atoms with E-state index in [0.717, 1.165) is 31.4 Å². The minimum atomic E-state index is -0.0672. The summed E-state index contributed by atoms with van der Waals surface area (Å²) in [6.07, 6.45) is 4.42. The van der Waals surface area contributed by atoms with Crippen molar-refractivity contribution in [1.82, 2.24) is 9.78 Å². The summed E-state index contributed by atoms with van der Waals surface area (Å²) in [5, 5.41) is 4.30. The van der Waals surface area contributed by atoms with Crippen LogP contribution in [-0.4, -0.2) is 22.7 Å². The van der Waals surface area contributed by atoms with Gasteiger partial charge in [0.05, 0.1) is 13.3 Å². The maximum absolute atomic E-state index is 13.0. The standard InChI is InChI=1S/C17H20N2O2/c1-3-10-19-16(15(21-2)11-18-19)17(20)14-9-8-12-6-4-5-7-13(12)14/h4-7,11,14H,3,8-10H2,1-2H3. The molecule has 1 atom stereocenters. The highest BCUT2D eigenvalue weighted by Gasteiger charge is 2.32. The lowest BCUT2D eigenvalue weighted by Crippen LogP contribution is -2.17. The van der Waals surface area contributed by atoms with Gasteiger partial charge in [0, 0.05) is 12.5 Å². The summed E-state index contributed by atoms with van der Waals surface area (Å²) in [5.41, 5.74) is 3.06. The molecule has 2 aromatic rings. The molecule has 0 radical (unpaired) electrons. The molecular formula is C17H20N2O2. The van der Waals surface area contributed by atoms with Crippen LogP contribution in [-0.2, 0) is 13.0 Å². The van der Waals surface area contributed by atoms with Crippen LogP contribution in [0.25, 0.3) is 0 Å². The van der Waals surface area contributed by atoms with Crippen LogP contribution in [0.5, 0.6) is 5.75 Å². The second-order valence-corrected chi connectivity index (χ2v) is 5.44. The predicted molar refractivity (Wildman–Crippen MR) is 80.9 cm³/mol. The Labute approximate surface area is 124 Å². The molecule has 0 fully saturated rings. The first kappa shape index (κ1) is 13.9. The van der Waals surface area contributed by atoms with Crippen LogP contribution in [0.2, 0.25) is 0 Å². The number of rotatable bonds is 5. The van der Waals surface area contributed by atoms with Crippen molar-refractivity contribution in [2.45, 2.75) is 38.6 Å². The number of benzene rings is 1. The molecule has 1 unspecified atom stereocenters. The lowest BCUT2D eigenvalue weighted by molar-refractivity contribution is 0.0945. The van der Waals surface area contributed by atoms with Crippen molar-refractivity contribution in [3.05, 3.63) is 47.3 Å². The third kappa shape index (κ3) is 2.35. The number of Topliss-reactive ketones (excluding diaryl/α,β-unsaturated/α-hetero) is 1. The molecule has 0 spiro atoms. The molecule has 21 heavy (non-hydrogen) atoms. The van der Waals surface area contributed by atoms with Crippen molar-refractivity contribution >= 4 is 5.78 Å². The molecule has 1 heterocycles. The molecule has 1 aliphatic carbocycles. The monoisotopic (exact) mass is 284 g/mol. The number of fused-ring (bicyclic) bond motifs is 1. The Kier molecular flexibility index (Phi) is 3.78. The Morgan fingerprint density at radius 2 is 2.24 bits per heavy atom. The second kappa shape index (κ2) is 5.72. The molecule has 1 aromatic carbocycles. The van der Waals surface area contributed by atoms with Crippen molar-refractivity contribution in [2.24, 2.45) is 0 Å². The van der Waals surface area contributed by atoms with Crippen LogP contribution in [0.3, 0.4) is 0 Å². The third-order valence-corrected chi connectivity index (χ3v) is 4.14. The summed E-state index contributed by atoms with van der Waals surface area (Å²) in [7, 11) is 1.59. The average molecular weight is 284 g/mol. The highest BCUT2D eigenvalue weighted by atomic mass is 16.5. The minimum Gasteiger partial charge on any atom is -0.493 e. The van der Waals surface area contributed by atoms with Gasteiger partial charge in [0.15, 0.2) is 11.5 Å². The van der Waals surface area contributed by atoms with E-state index in [1.54, 1.807) is 18.0 Å². The number of carbonyl (C=O) groups is 1. The van der Waals surface area contributed by atoms with Gasteiger partial charge < -0.3 is 4.74 Å². The van der Waals surface area contributed by atoms with Gasteiger partial charge in [-0.15, -0.1) is 0 Å². The summed E-state index contributed by atoms with van der Waals surface area (Å²) in [6, 6.07) is 8.22. The van der Waals surface area contributed by atoms with Crippen LogP contribution in [0, 0.1) is 0 Å². The highest BCUT2D eigenvalue weighted by Crippen LogP contribution is 2.37. The summed E-state index contributed by atoms with van der Waals surface area (Å²) in [6.45, 7) is 2.81. The average Bonchev–Trinajstić information content (AvgIpc) is 3.10. The smallest absolute Gasteiger partial charge is 0.192 e. The molecule has 0 saturated carbocycles. The molecule has 0 bridgehead atoms. The van der Waals surface area contributed by atoms with Crippen molar-refractivity contribution < 1.29 is 9.53 Å². The maximum atomic E-state index is 13.0. The Morgan fingerprint density at radius 3 is 3.00 bits per heavy atom. The molecule has 0 N–H and O–H groups in total. The van der Waals surface area contributed by atoms with E-state index in [9.17, 15) is 4.79 Å². The Bertz CT molecular complexity index is 661. The zero-order chi connectivity index (χ0) is 14.8. The van der Waals surface area contributed by atoms with E-state index < -0.39 is 0 Å². The van der Waals surface area contributed by atoms with Crippen molar-refractivity contribution in [3.63, 3.8) is 0 Å². The number of hydrogen-bond acceptors (Lipinski definition) is 3. The molecular weight excluding hydrogens is 264 g/mol. The first-order valence-corrected chi connectivity index (χ1v) is 7.48. The van der Waals surface area contributed by atoms with Gasteiger partial charge in [-0.05, 0) is 30.4 Å². The Morgan fingerprint density at radius 1 is 1.43 bits per heavy atom. The minimum absolute atomic E-state index is 0.0672. The van der Waals surface area contributed by atoms with Crippen LogP contribution < -0.4 is 4.74 Å². The molecule has 3 rings (SSSR count). The molecule has 0 aliphatic heterocycles. The van der Waals surface area contributed by atoms with Crippen LogP contribution >= 0.6 is 0 Å². The largest absolute Gasteiger partial charge is 0.493 e. The lowest BCUT2D eigenvalue weighted by Gasteiger charge is -2.13. The van der Waals surface area contributed by atoms with Crippen molar-refractivity contribution in [3.8, 4) is 5.75 Å². The fraction of sp³-hybridized carbons (Fsp3) is 0.412. The van der Waals surface area contributed by atoms with Gasteiger partial charge in [0.25, 0.3) is 0 Å². The number of methoxy groups -OCH3 is 1. The van der Waals surface area contributed by atoms with Gasteiger partial charge >= 0.3 is 0 Å². The number of carbonyl (C=O) groups excluding carboxylic acids is 1. The number of ether oxygens (including phenoxy) is 1. The van der Waals surface area contributed by atoms with E-state index in [4.69, 9.17) is 4.74 Å². The highest BCUT2D eigenvalue weighted by molar-refractivity contribution is 6.02. The van der Waals surface area contributed by atoms with Gasteiger partial charge in [-0.2, -0.15) is 5.10 Å². The fourth-order valence-electron chi connectivity index (χ4n) is 3.14. The molecule has 0 amide bonds. The normalized spacial score (nSPS) is 16.8. The Balaban J connectivity index is 1.98. The quantitative estimate of drug-likeness (QED) is 0.792. The number of aromatic nitrogens is 2. The summed E-state index contributed by atoms with van der Waals surface area (Å²) < 4.78 is 7.12. The molecule has 110 valence electrons. The van der Waals surface area contributed by atoms with Gasteiger partial charge in [-0.25, -0.2) is 0 Å². The molecule has 4 heteroatoms. The topological polar surface area (TPSA) is 44.1 Å². The zero-order valence-electron chi connectivity index (χ0n) is 12.5. The van der Waals surface area contributed by atoms with Crippen molar-refractivity contribution in [2.75, 3.05) is 7.11 Å². The first-order valence-electron chi connectivity index (χ1n) is 7.48. The molecule has 1 aliphatic rings. The first-order chi connectivity index (χ1) is 10.3. The molecule has 0 saturated heterocycles. The summed E-state index contributed by atoms with van der Waals surface area (Å²) in [5.74, 6) is 0.642. The van der Waals surface area contributed by atoms with E-state index in [-0.39, 0.29) is 11.7 Å². The van der Waals surface area contributed by atoms with E-state index >= 15 is 0 Å². The van der Waals surface area contributed by atoms with Gasteiger partial charge in [0.1, 0.15) is 5.69 Å².